The van der Waals surface area contributed by atoms with Crippen molar-refractivity contribution in [2.24, 2.45) is 0 Å². The van der Waals surface area contributed by atoms with Crippen molar-refractivity contribution in [2.75, 3.05) is 0 Å². The highest BCUT2D eigenvalue weighted by Crippen LogP contribution is 2.16. The number of pyridine rings is 1. The Morgan fingerprint density at radius 3 is 3.08 bits per heavy atom. The second-order valence-electron chi connectivity index (χ2n) is 2.64. The van der Waals surface area contributed by atoms with Gasteiger partial charge in [0.05, 0.1) is 6.20 Å². The number of aryl methyl sites for hydroxylation is 1. The van der Waals surface area contributed by atoms with Gasteiger partial charge in [0.15, 0.2) is 11.5 Å². The summed E-state index contributed by atoms with van der Waals surface area (Å²) >= 11 is 3.27. The fourth-order valence-electron chi connectivity index (χ4n) is 1.14. The van der Waals surface area contributed by atoms with Gasteiger partial charge in [0.2, 0.25) is 0 Å². The standard InChI is InChI=1S/C8H6BrFN2/c1-5-2-6(10)8-11-3-7(9)12(8)4-5/h2-4H,1H3. The molecule has 0 atom stereocenters. The summed E-state index contributed by atoms with van der Waals surface area (Å²) in [6.07, 6.45) is 3.41. The predicted molar refractivity (Wildman–Crippen MR) is 47.6 cm³/mol. The lowest BCUT2D eigenvalue weighted by Gasteiger charge is -1.98. The minimum absolute atomic E-state index is 0.291. The summed E-state index contributed by atoms with van der Waals surface area (Å²) in [6.45, 7) is 1.84. The van der Waals surface area contributed by atoms with E-state index in [1.165, 1.54) is 6.07 Å². The first-order valence-corrected chi connectivity index (χ1v) is 4.26. The van der Waals surface area contributed by atoms with Gasteiger partial charge >= 0.3 is 0 Å². The zero-order chi connectivity index (χ0) is 8.72. The van der Waals surface area contributed by atoms with Gasteiger partial charge in [0, 0.05) is 6.20 Å². The van der Waals surface area contributed by atoms with E-state index in [0.717, 1.165) is 10.2 Å². The van der Waals surface area contributed by atoms with Gasteiger partial charge in [-0.25, -0.2) is 9.37 Å². The average Bonchev–Trinajstić information content (AvgIpc) is 2.33. The van der Waals surface area contributed by atoms with Crippen molar-refractivity contribution in [1.29, 1.82) is 0 Å². The van der Waals surface area contributed by atoms with Crippen LogP contribution in [0.5, 0.6) is 0 Å². The van der Waals surface area contributed by atoms with E-state index in [1.807, 2.05) is 13.1 Å². The molecule has 0 bridgehead atoms. The van der Waals surface area contributed by atoms with Crippen LogP contribution in [0.25, 0.3) is 5.65 Å². The molecular formula is C8H6BrFN2. The van der Waals surface area contributed by atoms with Crippen LogP contribution in [0.3, 0.4) is 0 Å². The van der Waals surface area contributed by atoms with Crippen LogP contribution in [-0.2, 0) is 0 Å². The van der Waals surface area contributed by atoms with Crippen LogP contribution in [-0.4, -0.2) is 9.38 Å². The average molecular weight is 229 g/mol. The molecule has 2 heterocycles. The van der Waals surface area contributed by atoms with Crippen LogP contribution < -0.4 is 0 Å². The van der Waals surface area contributed by atoms with E-state index in [-0.39, 0.29) is 5.82 Å². The number of hydrogen-bond acceptors (Lipinski definition) is 1. The Labute approximate surface area is 77.2 Å². The lowest BCUT2D eigenvalue weighted by Crippen LogP contribution is -1.90. The Balaban J connectivity index is 2.92. The van der Waals surface area contributed by atoms with Crippen LogP contribution in [0.15, 0.2) is 23.1 Å². The van der Waals surface area contributed by atoms with E-state index in [4.69, 9.17) is 0 Å². The third-order valence-corrected chi connectivity index (χ3v) is 2.24. The Morgan fingerprint density at radius 2 is 2.33 bits per heavy atom. The summed E-state index contributed by atoms with van der Waals surface area (Å²) in [5, 5.41) is 0. The van der Waals surface area contributed by atoms with Crippen molar-refractivity contribution < 1.29 is 4.39 Å². The van der Waals surface area contributed by atoms with E-state index in [1.54, 1.807) is 10.6 Å². The van der Waals surface area contributed by atoms with Crippen LogP contribution in [0.4, 0.5) is 4.39 Å². The number of fused-ring (bicyclic) bond motifs is 1. The number of hydrogen-bond donors (Lipinski definition) is 0. The van der Waals surface area contributed by atoms with E-state index in [9.17, 15) is 4.39 Å². The lowest BCUT2D eigenvalue weighted by atomic mass is 10.3. The molecule has 62 valence electrons. The van der Waals surface area contributed by atoms with E-state index in [2.05, 4.69) is 20.9 Å². The number of imidazole rings is 1. The van der Waals surface area contributed by atoms with Gasteiger partial charge in [-0.3, -0.25) is 4.40 Å². The minimum atomic E-state index is -0.291. The van der Waals surface area contributed by atoms with Gasteiger partial charge in [-0.1, -0.05) is 0 Å². The molecule has 0 spiro atoms. The molecule has 0 aromatic carbocycles. The number of aromatic nitrogens is 2. The molecule has 0 N–H and O–H groups in total. The van der Waals surface area contributed by atoms with Crippen molar-refractivity contribution in [1.82, 2.24) is 9.38 Å². The molecule has 2 aromatic heterocycles. The SMILES string of the molecule is Cc1cc(F)c2ncc(Br)n2c1. The fourth-order valence-corrected chi connectivity index (χ4v) is 1.52. The molecule has 2 rings (SSSR count). The Kier molecular flexibility index (Phi) is 1.65. The molecule has 0 aliphatic heterocycles. The maximum absolute atomic E-state index is 13.2. The number of halogens is 2. The molecular weight excluding hydrogens is 223 g/mol. The van der Waals surface area contributed by atoms with Gasteiger partial charge in [-0.2, -0.15) is 0 Å². The highest BCUT2D eigenvalue weighted by atomic mass is 79.9. The largest absolute Gasteiger partial charge is 0.291 e. The third kappa shape index (κ3) is 1.03. The first-order valence-electron chi connectivity index (χ1n) is 3.47. The molecule has 0 amide bonds. The summed E-state index contributed by atoms with van der Waals surface area (Å²) in [5.41, 5.74) is 1.23. The quantitative estimate of drug-likeness (QED) is 0.678. The number of rotatable bonds is 0. The maximum atomic E-state index is 13.2. The maximum Gasteiger partial charge on any atom is 0.174 e. The van der Waals surface area contributed by atoms with Crippen molar-refractivity contribution in [3.63, 3.8) is 0 Å². The summed E-state index contributed by atoms with van der Waals surface area (Å²) in [6, 6.07) is 1.47. The molecule has 2 nitrogen and oxygen atoms in total. The molecule has 0 unspecified atom stereocenters. The minimum Gasteiger partial charge on any atom is -0.291 e. The fraction of sp³-hybridized carbons (Fsp3) is 0.125. The molecule has 0 aliphatic carbocycles. The highest BCUT2D eigenvalue weighted by Gasteiger charge is 2.05. The van der Waals surface area contributed by atoms with Crippen molar-refractivity contribution >= 4 is 21.6 Å². The zero-order valence-corrected chi connectivity index (χ0v) is 7.97. The van der Waals surface area contributed by atoms with Crippen LogP contribution in [0, 0.1) is 12.7 Å². The Morgan fingerprint density at radius 1 is 1.58 bits per heavy atom. The summed E-state index contributed by atoms with van der Waals surface area (Å²) in [5.74, 6) is -0.291. The predicted octanol–water partition coefficient (Wildman–Crippen LogP) is 2.54. The monoisotopic (exact) mass is 228 g/mol. The van der Waals surface area contributed by atoms with Gasteiger partial charge < -0.3 is 0 Å². The normalized spacial score (nSPS) is 10.9. The molecule has 0 radical (unpaired) electrons. The van der Waals surface area contributed by atoms with Gasteiger partial charge in [0.1, 0.15) is 4.60 Å². The molecule has 2 aromatic rings. The molecule has 4 heteroatoms. The topological polar surface area (TPSA) is 17.3 Å². The van der Waals surface area contributed by atoms with E-state index < -0.39 is 0 Å². The zero-order valence-electron chi connectivity index (χ0n) is 6.38. The first kappa shape index (κ1) is 7.73. The van der Waals surface area contributed by atoms with E-state index in [0.29, 0.717) is 5.65 Å². The molecule has 12 heavy (non-hydrogen) atoms. The molecule has 0 saturated carbocycles. The molecule has 0 fully saturated rings. The van der Waals surface area contributed by atoms with Gasteiger partial charge in [0.25, 0.3) is 0 Å². The summed E-state index contributed by atoms with van der Waals surface area (Å²) in [4.78, 5) is 3.90. The third-order valence-electron chi connectivity index (χ3n) is 1.65. The number of nitrogens with zero attached hydrogens (tertiary/aromatic N) is 2. The van der Waals surface area contributed by atoms with Crippen LogP contribution in [0.2, 0.25) is 0 Å². The second kappa shape index (κ2) is 2.55. The lowest BCUT2D eigenvalue weighted by molar-refractivity contribution is 0.628. The van der Waals surface area contributed by atoms with Gasteiger partial charge in [-0.05, 0) is 34.5 Å². The van der Waals surface area contributed by atoms with Crippen LogP contribution >= 0.6 is 15.9 Å². The summed E-state index contributed by atoms with van der Waals surface area (Å²) in [7, 11) is 0. The smallest absolute Gasteiger partial charge is 0.174 e. The second-order valence-corrected chi connectivity index (χ2v) is 3.45. The van der Waals surface area contributed by atoms with E-state index >= 15 is 0 Å². The first-order chi connectivity index (χ1) is 5.68. The Hall–Kier alpha value is -0.900. The highest BCUT2D eigenvalue weighted by molar-refractivity contribution is 9.10. The van der Waals surface area contributed by atoms with Crippen molar-refractivity contribution in [3.8, 4) is 0 Å². The van der Waals surface area contributed by atoms with Crippen LogP contribution in [0.1, 0.15) is 5.56 Å². The summed E-state index contributed by atoms with van der Waals surface area (Å²) < 4.78 is 15.6. The molecule has 0 saturated heterocycles. The van der Waals surface area contributed by atoms with Crippen molar-refractivity contribution in [3.05, 3.63) is 34.4 Å². The Bertz CT molecular complexity index is 436. The van der Waals surface area contributed by atoms with Gasteiger partial charge in [-0.15, -0.1) is 0 Å². The van der Waals surface area contributed by atoms with Crippen molar-refractivity contribution in [2.45, 2.75) is 6.92 Å². The molecule has 0 aliphatic rings.